The summed E-state index contributed by atoms with van der Waals surface area (Å²) in [6.45, 7) is 0. The number of rotatable bonds is 3. The van der Waals surface area contributed by atoms with E-state index in [2.05, 4.69) is 10.0 Å². The van der Waals surface area contributed by atoms with Gasteiger partial charge in [0, 0.05) is 4.91 Å². The van der Waals surface area contributed by atoms with E-state index in [1.807, 2.05) is 5.32 Å². The smallest absolute Gasteiger partial charge is 0.339 e. The highest BCUT2D eigenvalue weighted by molar-refractivity contribution is 6.08. The fraction of sp³-hybridized carbons (Fsp3) is 0.182. The predicted molar refractivity (Wildman–Crippen MR) is 61.5 cm³/mol. The van der Waals surface area contributed by atoms with Crippen LogP contribution in [-0.4, -0.2) is 23.5 Å². The molecule has 1 aliphatic heterocycles. The third kappa shape index (κ3) is 2.38. The second kappa shape index (κ2) is 4.79. The van der Waals surface area contributed by atoms with Crippen molar-refractivity contribution in [1.82, 2.24) is 5.32 Å². The molecule has 96 valence electrons. The number of imide groups is 1. The summed E-state index contributed by atoms with van der Waals surface area (Å²) in [6, 6.07) is 7.86. The van der Waals surface area contributed by atoms with Gasteiger partial charge in [-0.1, -0.05) is 18.2 Å². The number of amides is 2. The summed E-state index contributed by atoms with van der Waals surface area (Å²) >= 11 is 0. The summed E-state index contributed by atoms with van der Waals surface area (Å²) in [7, 11) is 0. The molecule has 0 aliphatic carbocycles. The summed E-state index contributed by atoms with van der Waals surface area (Å²) in [5.41, 5.74) is 6.50. The molecule has 1 N–H and O–H groups in total. The first-order valence-corrected chi connectivity index (χ1v) is 5.26. The topological polar surface area (TPSA) is 121 Å². The highest BCUT2D eigenvalue weighted by Crippen LogP contribution is 2.25. The minimum Gasteiger partial charge on any atom is -0.438 e. The molecule has 0 bridgehead atoms. The summed E-state index contributed by atoms with van der Waals surface area (Å²) in [6.07, 6.45) is -0.519. The standard InChI is InChI=1S/C11H8N4O4/c12-15-14-11(6-8(16)13-10(11)18)19-9(17)7-4-2-1-3-5-7/h1-5H,6H2,(H,13,16,18). The Kier molecular flexibility index (Phi) is 3.17. The lowest BCUT2D eigenvalue weighted by molar-refractivity contribution is -0.135. The predicted octanol–water partition coefficient (Wildman–Crippen LogP) is 0.896. The number of azide groups is 1. The Hall–Kier alpha value is -2.86. The average molecular weight is 260 g/mol. The van der Waals surface area contributed by atoms with Gasteiger partial charge in [0.2, 0.25) is 5.91 Å². The van der Waals surface area contributed by atoms with E-state index in [0.29, 0.717) is 0 Å². The van der Waals surface area contributed by atoms with Crippen LogP contribution in [0.25, 0.3) is 10.4 Å². The first-order chi connectivity index (χ1) is 9.07. The van der Waals surface area contributed by atoms with Gasteiger partial charge in [0.05, 0.1) is 12.0 Å². The molecular formula is C11H8N4O4. The third-order valence-corrected chi connectivity index (χ3v) is 2.49. The molecule has 8 nitrogen and oxygen atoms in total. The molecule has 2 rings (SSSR count). The number of benzene rings is 1. The normalized spacial score (nSPS) is 21.5. The number of nitrogens with one attached hydrogen (secondary N) is 1. The van der Waals surface area contributed by atoms with E-state index in [4.69, 9.17) is 10.3 Å². The van der Waals surface area contributed by atoms with Gasteiger partial charge < -0.3 is 4.74 Å². The van der Waals surface area contributed by atoms with Crippen LogP contribution in [0.5, 0.6) is 0 Å². The summed E-state index contributed by atoms with van der Waals surface area (Å²) < 4.78 is 4.92. The molecule has 2 amide bonds. The number of carbonyl (C=O) groups excluding carboxylic acids is 3. The molecule has 0 spiro atoms. The van der Waals surface area contributed by atoms with E-state index in [-0.39, 0.29) is 5.56 Å². The van der Waals surface area contributed by atoms with Gasteiger partial charge in [-0.2, -0.15) is 0 Å². The van der Waals surface area contributed by atoms with Crippen LogP contribution in [0.4, 0.5) is 0 Å². The lowest BCUT2D eigenvalue weighted by Gasteiger charge is -2.19. The van der Waals surface area contributed by atoms with E-state index in [1.165, 1.54) is 12.1 Å². The molecule has 1 aromatic carbocycles. The monoisotopic (exact) mass is 260 g/mol. The minimum atomic E-state index is -2.14. The van der Waals surface area contributed by atoms with Crippen LogP contribution in [0, 0.1) is 0 Å². The van der Waals surface area contributed by atoms with Crippen LogP contribution in [0.1, 0.15) is 16.8 Å². The maximum absolute atomic E-state index is 11.8. The number of hydrogen-bond acceptors (Lipinski definition) is 5. The van der Waals surface area contributed by atoms with Crippen LogP contribution in [0.15, 0.2) is 35.4 Å². The van der Waals surface area contributed by atoms with Gasteiger partial charge in [0.25, 0.3) is 11.6 Å². The van der Waals surface area contributed by atoms with Crippen molar-refractivity contribution in [2.45, 2.75) is 12.1 Å². The van der Waals surface area contributed by atoms with Crippen molar-refractivity contribution in [3.8, 4) is 0 Å². The Balaban J connectivity index is 2.28. The van der Waals surface area contributed by atoms with Crippen molar-refractivity contribution in [3.63, 3.8) is 0 Å². The Bertz CT molecular complexity index is 594. The summed E-state index contributed by atoms with van der Waals surface area (Å²) in [4.78, 5) is 37.0. The Morgan fingerprint density at radius 3 is 2.58 bits per heavy atom. The lowest BCUT2D eigenvalue weighted by Crippen LogP contribution is -2.40. The zero-order valence-electron chi connectivity index (χ0n) is 9.57. The quantitative estimate of drug-likeness (QED) is 0.285. The Morgan fingerprint density at radius 1 is 1.37 bits per heavy atom. The lowest BCUT2D eigenvalue weighted by atomic mass is 10.2. The largest absolute Gasteiger partial charge is 0.438 e. The van der Waals surface area contributed by atoms with Crippen LogP contribution < -0.4 is 5.32 Å². The van der Waals surface area contributed by atoms with Crippen LogP contribution >= 0.6 is 0 Å². The van der Waals surface area contributed by atoms with Gasteiger partial charge in [0.1, 0.15) is 0 Å². The van der Waals surface area contributed by atoms with E-state index < -0.39 is 29.9 Å². The third-order valence-electron chi connectivity index (χ3n) is 2.49. The van der Waals surface area contributed by atoms with Crippen LogP contribution in [-0.2, 0) is 14.3 Å². The van der Waals surface area contributed by atoms with Crippen LogP contribution in [0.3, 0.4) is 0 Å². The van der Waals surface area contributed by atoms with E-state index in [0.717, 1.165) is 0 Å². The molecule has 19 heavy (non-hydrogen) atoms. The van der Waals surface area contributed by atoms with Gasteiger partial charge in [0.15, 0.2) is 0 Å². The molecule has 1 atom stereocenters. The zero-order chi connectivity index (χ0) is 13.9. The zero-order valence-corrected chi connectivity index (χ0v) is 9.57. The van der Waals surface area contributed by atoms with Crippen molar-refractivity contribution >= 4 is 17.8 Å². The van der Waals surface area contributed by atoms with E-state index in [1.54, 1.807) is 18.2 Å². The maximum Gasteiger partial charge on any atom is 0.339 e. The van der Waals surface area contributed by atoms with E-state index in [9.17, 15) is 14.4 Å². The first-order valence-electron chi connectivity index (χ1n) is 5.26. The molecule has 8 heteroatoms. The first kappa shape index (κ1) is 12.6. The molecule has 0 aromatic heterocycles. The van der Waals surface area contributed by atoms with Gasteiger partial charge in [-0.3, -0.25) is 14.9 Å². The van der Waals surface area contributed by atoms with Crippen molar-refractivity contribution in [2.24, 2.45) is 5.11 Å². The second-order valence-corrected chi connectivity index (χ2v) is 3.78. The number of esters is 1. The molecule has 0 saturated carbocycles. The molecule has 1 aromatic rings. The van der Waals surface area contributed by atoms with Gasteiger partial charge in [-0.05, 0) is 22.8 Å². The summed E-state index contributed by atoms with van der Waals surface area (Å²) in [5, 5.41) is 5.09. The molecule has 1 heterocycles. The fourth-order valence-electron chi connectivity index (χ4n) is 1.61. The van der Waals surface area contributed by atoms with Gasteiger partial charge in [-0.25, -0.2) is 4.79 Å². The number of carbonyl (C=O) groups is 3. The highest BCUT2D eigenvalue weighted by atomic mass is 16.6. The maximum atomic E-state index is 11.8. The van der Waals surface area contributed by atoms with Crippen molar-refractivity contribution in [3.05, 3.63) is 46.3 Å². The van der Waals surface area contributed by atoms with Crippen molar-refractivity contribution < 1.29 is 19.1 Å². The number of ether oxygens (including phenoxy) is 1. The molecular weight excluding hydrogens is 252 g/mol. The van der Waals surface area contributed by atoms with Crippen molar-refractivity contribution in [1.29, 1.82) is 0 Å². The number of nitrogens with zero attached hydrogens (tertiary/aromatic N) is 3. The van der Waals surface area contributed by atoms with Crippen molar-refractivity contribution in [2.75, 3.05) is 0 Å². The molecule has 1 aliphatic rings. The molecule has 1 fully saturated rings. The molecule has 0 radical (unpaired) electrons. The second-order valence-electron chi connectivity index (χ2n) is 3.78. The summed E-state index contributed by atoms with van der Waals surface area (Å²) in [5.74, 6) is -2.46. The van der Waals surface area contributed by atoms with Crippen LogP contribution in [0.2, 0.25) is 0 Å². The number of hydrogen-bond donors (Lipinski definition) is 1. The SMILES string of the molecule is [N-]=[N+]=NC1(OC(=O)c2ccccc2)CC(=O)NC1=O. The van der Waals surface area contributed by atoms with Gasteiger partial charge >= 0.3 is 5.97 Å². The highest BCUT2D eigenvalue weighted by Gasteiger charge is 2.50. The van der Waals surface area contributed by atoms with E-state index >= 15 is 0 Å². The Morgan fingerprint density at radius 2 is 2.05 bits per heavy atom. The average Bonchev–Trinajstić information content (AvgIpc) is 2.65. The molecule has 1 saturated heterocycles. The van der Waals surface area contributed by atoms with Gasteiger partial charge in [-0.15, -0.1) is 0 Å². The molecule has 1 unspecified atom stereocenters. The Labute approximate surface area is 107 Å². The fourth-order valence-corrected chi connectivity index (χ4v) is 1.61. The minimum absolute atomic E-state index is 0.183.